The summed E-state index contributed by atoms with van der Waals surface area (Å²) in [5, 5.41) is 2.19. The summed E-state index contributed by atoms with van der Waals surface area (Å²) < 4.78 is 6.39. The largest absolute Gasteiger partial charge is 0.489 e. The minimum Gasteiger partial charge on any atom is -0.489 e. The first kappa shape index (κ1) is 16.1. The lowest BCUT2D eigenvalue weighted by Gasteiger charge is -2.11. The number of benzene rings is 2. The maximum Gasteiger partial charge on any atom is 0.119 e. The monoisotopic (exact) mass is 350 g/mol. The van der Waals surface area contributed by atoms with E-state index >= 15 is 0 Å². The molecule has 1 saturated heterocycles. The van der Waals surface area contributed by atoms with Crippen LogP contribution in [0.15, 0.2) is 48.5 Å². The lowest BCUT2D eigenvalue weighted by Crippen LogP contribution is -2.04. The van der Waals surface area contributed by atoms with Crippen molar-refractivity contribution in [1.29, 1.82) is 0 Å². The summed E-state index contributed by atoms with van der Waals surface area (Å²) in [6.45, 7) is 5.19. The van der Waals surface area contributed by atoms with Gasteiger partial charge < -0.3 is 4.74 Å². The van der Waals surface area contributed by atoms with E-state index in [1.54, 1.807) is 0 Å². The van der Waals surface area contributed by atoms with Crippen LogP contribution in [-0.2, 0) is 6.61 Å². The Morgan fingerprint density at radius 2 is 1.50 bits per heavy atom. The molecule has 1 aliphatic rings. The molecule has 0 aliphatic carbocycles. The molecule has 1 aliphatic heterocycles. The van der Waals surface area contributed by atoms with Crippen molar-refractivity contribution in [2.45, 2.75) is 35.5 Å². The van der Waals surface area contributed by atoms with Gasteiger partial charge in [-0.15, -0.1) is 23.5 Å². The fourth-order valence-corrected chi connectivity index (χ4v) is 5.94. The van der Waals surface area contributed by atoms with Gasteiger partial charge in [0.2, 0.25) is 0 Å². The highest BCUT2D eigenvalue weighted by Gasteiger charge is 2.30. The van der Waals surface area contributed by atoms with Crippen molar-refractivity contribution in [2.24, 2.45) is 0 Å². The van der Waals surface area contributed by atoms with Gasteiger partial charge in [-0.05, 0) is 35.4 Å². The highest BCUT2D eigenvalue weighted by atomic mass is 35.5. The topological polar surface area (TPSA) is 9.23 Å². The first-order valence-corrected chi connectivity index (χ1v) is 9.66. The average molecular weight is 351 g/mol. The molecule has 2 aromatic rings. The Morgan fingerprint density at radius 3 is 2.09 bits per heavy atom. The van der Waals surface area contributed by atoms with Crippen LogP contribution in [0.1, 0.15) is 29.6 Å². The van der Waals surface area contributed by atoms with Crippen LogP contribution >= 0.6 is 35.1 Å². The third-order valence-electron chi connectivity index (χ3n) is 3.81. The van der Waals surface area contributed by atoms with Gasteiger partial charge in [-0.2, -0.15) is 0 Å². The predicted octanol–water partition coefficient (Wildman–Crippen LogP) is 6.17. The lowest BCUT2D eigenvalue weighted by atomic mass is 10.2. The van der Waals surface area contributed by atoms with Gasteiger partial charge in [0.1, 0.15) is 12.4 Å². The van der Waals surface area contributed by atoms with Crippen molar-refractivity contribution in [2.75, 3.05) is 0 Å². The molecule has 0 bridgehead atoms. The summed E-state index contributed by atoms with van der Waals surface area (Å²) >= 11 is 9.99. The molecular formula is C18H19ClOS2. The summed E-state index contributed by atoms with van der Waals surface area (Å²) in [4.78, 5) is 0. The highest BCUT2D eigenvalue weighted by molar-refractivity contribution is 8.20. The first-order chi connectivity index (χ1) is 10.6. The Hall–Kier alpha value is -0.770. The molecule has 1 fully saturated rings. The molecule has 2 unspecified atom stereocenters. The molecule has 0 radical (unpaired) electrons. The Morgan fingerprint density at radius 1 is 0.909 bits per heavy atom. The quantitative estimate of drug-likeness (QED) is 0.652. The van der Waals surface area contributed by atoms with E-state index in [0.717, 1.165) is 26.8 Å². The Kier molecular flexibility index (Phi) is 5.27. The molecule has 2 aromatic carbocycles. The molecule has 0 saturated carbocycles. The number of hydrogen-bond donors (Lipinski definition) is 0. The molecule has 0 spiro atoms. The minimum absolute atomic E-state index is 0.551. The van der Waals surface area contributed by atoms with Gasteiger partial charge >= 0.3 is 0 Å². The van der Waals surface area contributed by atoms with Gasteiger partial charge in [0.25, 0.3) is 0 Å². The molecule has 0 amide bonds. The number of thioether (sulfide) groups is 2. The van der Waals surface area contributed by atoms with E-state index in [1.165, 1.54) is 5.56 Å². The third kappa shape index (κ3) is 3.95. The molecule has 0 N–H and O–H groups in total. The van der Waals surface area contributed by atoms with E-state index in [2.05, 4.69) is 61.6 Å². The second kappa shape index (κ2) is 7.20. The SMILES string of the molecule is CC1SC(c2ccc(OCc3ccc(Cl)cc3)cc2)SC1C. The molecule has 1 nitrogen and oxygen atoms in total. The number of rotatable bonds is 4. The maximum absolute atomic E-state index is 5.88. The van der Waals surface area contributed by atoms with E-state index < -0.39 is 0 Å². The number of hydrogen-bond acceptors (Lipinski definition) is 3. The van der Waals surface area contributed by atoms with Crippen LogP contribution in [0.2, 0.25) is 5.02 Å². The zero-order valence-corrected chi connectivity index (χ0v) is 15.0. The standard InChI is InChI=1S/C18H19ClOS2/c1-12-13(2)22-18(21-12)15-5-9-17(10-6-15)20-11-14-3-7-16(19)8-4-14/h3-10,12-13,18H,11H2,1-2H3. The Labute approximate surface area is 145 Å². The Bertz CT molecular complexity index is 602. The van der Waals surface area contributed by atoms with Crippen molar-refractivity contribution >= 4 is 35.1 Å². The summed E-state index contributed by atoms with van der Waals surface area (Å²) in [6, 6.07) is 16.3. The maximum atomic E-state index is 5.88. The normalized spacial score (nSPS) is 24.4. The fraction of sp³-hybridized carbons (Fsp3) is 0.333. The van der Waals surface area contributed by atoms with Crippen LogP contribution in [0.4, 0.5) is 0 Å². The molecule has 1 heterocycles. The van der Waals surface area contributed by atoms with Crippen molar-refractivity contribution in [3.05, 3.63) is 64.7 Å². The van der Waals surface area contributed by atoms with Gasteiger partial charge in [-0.25, -0.2) is 0 Å². The van der Waals surface area contributed by atoms with Gasteiger partial charge in [0.15, 0.2) is 0 Å². The zero-order chi connectivity index (χ0) is 15.5. The van der Waals surface area contributed by atoms with Gasteiger partial charge in [0.05, 0.1) is 4.58 Å². The van der Waals surface area contributed by atoms with E-state index in [0.29, 0.717) is 11.2 Å². The van der Waals surface area contributed by atoms with Crippen LogP contribution in [-0.4, -0.2) is 10.5 Å². The molecule has 0 aromatic heterocycles. The van der Waals surface area contributed by atoms with Crippen LogP contribution in [0.25, 0.3) is 0 Å². The number of ether oxygens (including phenoxy) is 1. The van der Waals surface area contributed by atoms with Crippen LogP contribution in [0, 0.1) is 0 Å². The first-order valence-electron chi connectivity index (χ1n) is 7.40. The van der Waals surface area contributed by atoms with Gasteiger partial charge in [-0.3, -0.25) is 0 Å². The van der Waals surface area contributed by atoms with E-state index in [9.17, 15) is 0 Å². The summed E-state index contributed by atoms with van der Waals surface area (Å²) in [5.41, 5.74) is 2.50. The average Bonchev–Trinajstić information content (AvgIpc) is 2.87. The lowest BCUT2D eigenvalue weighted by molar-refractivity contribution is 0.306. The van der Waals surface area contributed by atoms with E-state index in [1.807, 2.05) is 24.3 Å². The molecule has 2 atom stereocenters. The van der Waals surface area contributed by atoms with Crippen molar-refractivity contribution in [1.82, 2.24) is 0 Å². The highest BCUT2D eigenvalue weighted by Crippen LogP contribution is 2.53. The third-order valence-corrected chi connectivity index (χ3v) is 7.61. The van der Waals surface area contributed by atoms with E-state index in [-0.39, 0.29) is 0 Å². The van der Waals surface area contributed by atoms with E-state index in [4.69, 9.17) is 16.3 Å². The zero-order valence-electron chi connectivity index (χ0n) is 12.7. The molecular weight excluding hydrogens is 332 g/mol. The van der Waals surface area contributed by atoms with Gasteiger partial charge in [0, 0.05) is 15.5 Å². The van der Waals surface area contributed by atoms with Crippen molar-refractivity contribution < 1.29 is 4.74 Å². The molecule has 4 heteroatoms. The Balaban J connectivity index is 1.58. The summed E-state index contributed by atoms with van der Waals surface area (Å²) in [6.07, 6.45) is 0. The molecule has 22 heavy (non-hydrogen) atoms. The number of halogens is 1. The second-order valence-corrected chi connectivity index (χ2v) is 9.21. The summed E-state index contributed by atoms with van der Waals surface area (Å²) in [5.74, 6) is 0.910. The van der Waals surface area contributed by atoms with Gasteiger partial charge in [-0.1, -0.05) is 49.7 Å². The van der Waals surface area contributed by atoms with Crippen LogP contribution in [0.3, 0.4) is 0 Å². The second-order valence-electron chi connectivity index (χ2n) is 5.50. The minimum atomic E-state index is 0.551. The van der Waals surface area contributed by atoms with Crippen molar-refractivity contribution in [3.8, 4) is 5.75 Å². The summed E-state index contributed by atoms with van der Waals surface area (Å²) in [7, 11) is 0. The van der Waals surface area contributed by atoms with Crippen molar-refractivity contribution in [3.63, 3.8) is 0 Å². The smallest absolute Gasteiger partial charge is 0.119 e. The molecule has 3 rings (SSSR count). The van der Waals surface area contributed by atoms with Crippen LogP contribution in [0.5, 0.6) is 5.75 Å². The van der Waals surface area contributed by atoms with Crippen LogP contribution < -0.4 is 4.74 Å². The fourth-order valence-electron chi connectivity index (χ4n) is 2.27. The molecule has 116 valence electrons. The predicted molar refractivity (Wildman–Crippen MR) is 99.1 cm³/mol.